The Morgan fingerprint density at radius 1 is 1.21 bits per heavy atom. The van der Waals surface area contributed by atoms with Crippen LogP contribution in [0.5, 0.6) is 0 Å². The minimum atomic E-state index is -0.218. The molecule has 0 amide bonds. The van der Waals surface area contributed by atoms with E-state index >= 15 is 0 Å². The molecule has 14 heavy (non-hydrogen) atoms. The summed E-state index contributed by atoms with van der Waals surface area (Å²) in [4.78, 5) is 0. The van der Waals surface area contributed by atoms with Crippen molar-refractivity contribution in [1.82, 2.24) is 5.32 Å². The molecule has 1 rings (SSSR count). The first-order chi connectivity index (χ1) is 6.61. The molecule has 0 radical (unpaired) electrons. The van der Waals surface area contributed by atoms with E-state index in [0.717, 1.165) is 18.4 Å². The highest BCUT2D eigenvalue weighted by Gasteiger charge is 2.26. The van der Waals surface area contributed by atoms with E-state index in [1.807, 2.05) is 6.92 Å². The number of hydrogen-bond acceptors (Lipinski definition) is 2. The van der Waals surface area contributed by atoms with Crippen molar-refractivity contribution in [2.24, 2.45) is 11.8 Å². The van der Waals surface area contributed by atoms with Gasteiger partial charge in [0.25, 0.3) is 0 Å². The quantitative estimate of drug-likeness (QED) is 0.727. The molecule has 1 aliphatic carbocycles. The SMILES string of the molecule is CC(C)C1CCCCC1NC[C@H](C)O. The van der Waals surface area contributed by atoms with Crippen molar-refractivity contribution >= 4 is 0 Å². The van der Waals surface area contributed by atoms with Crippen LogP contribution in [0.2, 0.25) is 0 Å². The highest BCUT2D eigenvalue weighted by molar-refractivity contribution is 4.83. The third-order valence-corrected chi connectivity index (χ3v) is 3.35. The van der Waals surface area contributed by atoms with Crippen LogP contribution in [0, 0.1) is 11.8 Å². The Kier molecular flexibility index (Phi) is 4.90. The average molecular weight is 199 g/mol. The third-order valence-electron chi connectivity index (χ3n) is 3.35. The molecule has 0 spiro atoms. The molecule has 2 N–H and O–H groups in total. The van der Waals surface area contributed by atoms with Gasteiger partial charge in [0.2, 0.25) is 0 Å². The molecule has 0 aromatic rings. The van der Waals surface area contributed by atoms with E-state index in [1.54, 1.807) is 0 Å². The second kappa shape index (κ2) is 5.72. The molecule has 1 aliphatic rings. The number of aliphatic hydroxyl groups is 1. The molecule has 1 saturated carbocycles. The van der Waals surface area contributed by atoms with E-state index < -0.39 is 0 Å². The number of aliphatic hydroxyl groups excluding tert-OH is 1. The highest BCUT2D eigenvalue weighted by atomic mass is 16.3. The van der Waals surface area contributed by atoms with Crippen LogP contribution in [-0.2, 0) is 0 Å². The normalized spacial score (nSPS) is 30.6. The molecule has 0 aliphatic heterocycles. The summed E-state index contributed by atoms with van der Waals surface area (Å²) in [5.74, 6) is 1.57. The Bertz CT molecular complexity index is 156. The van der Waals surface area contributed by atoms with Gasteiger partial charge in [-0.2, -0.15) is 0 Å². The Labute approximate surface area is 88.1 Å². The van der Waals surface area contributed by atoms with Gasteiger partial charge in [0.05, 0.1) is 6.10 Å². The number of rotatable bonds is 4. The lowest BCUT2D eigenvalue weighted by molar-refractivity contribution is 0.154. The molecule has 84 valence electrons. The van der Waals surface area contributed by atoms with Crippen molar-refractivity contribution in [2.75, 3.05) is 6.54 Å². The summed E-state index contributed by atoms with van der Waals surface area (Å²) in [6, 6.07) is 0.637. The monoisotopic (exact) mass is 199 g/mol. The van der Waals surface area contributed by atoms with E-state index in [4.69, 9.17) is 0 Å². The van der Waals surface area contributed by atoms with Gasteiger partial charge in [-0.05, 0) is 31.6 Å². The van der Waals surface area contributed by atoms with Crippen molar-refractivity contribution < 1.29 is 5.11 Å². The molecule has 2 heteroatoms. The van der Waals surface area contributed by atoms with Crippen LogP contribution in [0.25, 0.3) is 0 Å². The van der Waals surface area contributed by atoms with E-state index in [-0.39, 0.29) is 6.10 Å². The molecule has 3 atom stereocenters. The fraction of sp³-hybridized carbons (Fsp3) is 1.00. The first kappa shape index (κ1) is 12.0. The maximum Gasteiger partial charge on any atom is 0.0636 e. The Hall–Kier alpha value is -0.0800. The smallest absolute Gasteiger partial charge is 0.0636 e. The predicted octanol–water partition coefficient (Wildman–Crippen LogP) is 2.17. The maximum absolute atomic E-state index is 9.25. The van der Waals surface area contributed by atoms with Gasteiger partial charge < -0.3 is 10.4 Å². The van der Waals surface area contributed by atoms with Crippen LogP contribution >= 0.6 is 0 Å². The molecular weight excluding hydrogens is 174 g/mol. The number of hydrogen-bond donors (Lipinski definition) is 2. The lowest BCUT2D eigenvalue weighted by atomic mass is 9.78. The predicted molar refractivity (Wildman–Crippen MR) is 60.3 cm³/mol. The van der Waals surface area contributed by atoms with Gasteiger partial charge >= 0.3 is 0 Å². The second-order valence-electron chi connectivity index (χ2n) is 5.06. The van der Waals surface area contributed by atoms with Gasteiger partial charge in [0.15, 0.2) is 0 Å². The van der Waals surface area contributed by atoms with E-state index in [9.17, 15) is 5.11 Å². The molecular formula is C12H25NO. The Morgan fingerprint density at radius 3 is 2.43 bits per heavy atom. The number of nitrogens with one attached hydrogen (secondary N) is 1. The van der Waals surface area contributed by atoms with Gasteiger partial charge in [-0.25, -0.2) is 0 Å². The standard InChI is InChI=1S/C12H25NO/c1-9(2)11-6-4-5-7-12(11)13-8-10(3)14/h9-14H,4-8H2,1-3H3/t10-,11?,12?/m0/s1. The summed E-state index contributed by atoms with van der Waals surface area (Å²) in [7, 11) is 0. The summed E-state index contributed by atoms with van der Waals surface area (Å²) in [5.41, 5.74) is 0. The van der Waals surface area contributed by atoms with Crippen molar-refractivity contribution in [3.8, 4) is 0 Å². The van der Waals surface area contributed by atoms with E-state index in [0.29, 0.717) is 6.04 Å². The first-order valence-corrected chi connectivity index (χ1v) is 6.02. The van der Waals surface area contributed by atoms with Gasteiger partial charge in [-0.1, -0.05) is 26.7 Å². The van der Waals surface area contributed by atoms with Gasteiger partial charge in [-0.3, -0.25) is 0 Å². The maximum atomic E-state index is 9.25. The Morgan fingerprint density at radius 2 is 1.86 bits per heavy atom. The zero-order valence-electron chi connectivity index (χ0n) is 9.79. The molecule has 0 saturated heterocycles. The largest absolute Gasteiger partial charge is 0.392 e. The molecule has 1 fully saturated rings. The van der Waals surface area contributed by atoms with Crippen LogP contribution in [0.1, 0.15) is 46.5 Å². The summed E-state index contributed by atoms with van der Waals surface area (Å²) < 4.78 is 0. The molecule has 2 unspecified atom stereocenters. The minimum absolute atomic E-state index is 0.218. The van der Waals surface area contributed by atoms with Crippen molar-refractivity contribution in [1.29, 1.82) is 0 Å². The van der Waals surface area contributed by atoms with Crippen LogP contribution < -0.4 is 5.32 Å². The summed E-state index contributed by atoms with van der Waals surface area (Å²) in [6.45, 7) is 7.22. The van der Waals surface area contributed by atoms with Crippen LogP contribution in [0.4, 0.5) is 0 Å². The zero-order valence-corrected chi connectivity index (χ0v) is 9.79. The molecule has 0 heterocycles. The molecule has 2 nitrogen and oxygen atoms in total. The van der Waals surface area contributed by atoms with Gasteiger partial charge in [0.1, 0.15) is 0 Å². The topological polar surface area (TPSA) is 32.3 Å². The lowest BCUT2D eigenvalue weighted by Crippen LogP contribution is -2.43. The van der Waals surface area contributed by atoms with E-state index in [1.165, 1.54) is 25.7 Å². The average Bonchev–Trinajstić information content (AvgIpc) is 2.15. The first-order valence-electron chi connectivity index (χ1n) is 6.02. The van der Waals surface area contributed by atoms with E-state index in [2.05, 4.69) is 19.2 Å². The van der Waals surface area contributed by atoms with Crippen molar-refractivity contribution in [3.05, 3.63) is 0 Å². The molecule has 0 bridgehead atoms. The summed E-state index contributed by atoms with van der Waals surface area (Å²) >= 11 is 0. The summed E-state index contributed by atoms with van der Waals surface area (Å²) in [6.07, 6.45) is 5.16. The minimum Gasteiger partial charge on any atom is -0.392 e. The fourth-order valence-electron chi connectivity index (χ4n) is 2.53. The van der Waals surface area contributed by atoms with Crippen molar-refractivity contribution in [2.45, 2.75) is 58.6 Å². The zero-order chi connectivity index (χ0) is 10.6. The fourth-order valence-corrected chi connectivity index (χ4v) is 2.53. The lowest BCUT2D eigenvalue weighted by Gasteiger charge is -2.35. The van der Waals surface area contributed by atoms with Crippen LogP contribution in [-0.4, -0.2) is 23.8 Å². The third kappa shape index (κ3) is 3.58. The van der Waals surface area contributed by atoms with Gasteiger partial charge in [-0.15, -0.1) is 0 Å². The molecule has 0 aromatic carbocycles. The summed E-state index contributed by atoms with van der Waals surface area (Å²) in [5, 5.41) is 12.7. The van der Waals surface area contributed by atoms with Crippen LogP contribution in [0.15, 0.2) is 0 Å². The molecule has 0 aromatic heterocycles. The van der Waals surface area contributed by atoms with Crippen molar-refractivity contribution in [3.63, 3.8) is 0 Å². The highest BCUT2D eigenvalue weighted by Crippen LogP contribution is 2.29. The Balaban J connectivity index is 2.38. The van der Waals surface area contributed by atoms with Gasteiger partial charge in [0, 0.05) is 12.6 Å². The van der Waals surface area contributed by atoms with Crippen LogP contribution in [0.3, 0.4) is 0 Å². The second-order valence-corrected chi connectivity index (χ2v) is 5.06.